The van der Waals surface area contributed by atoms with Gasteiger partial charge in [0.2, 0.25) is 5.28 Å². The molecule has 0 amide bonds. The average Bonchev–Trinajstić information content (AvgIpc) is 1.60. The topological polar surface area (TPSA) is 175 Å². The lowest BCUT2D eigenvalue weighted by Gasteiger charge is -2.32. The summed E-state index contributed by atoms with van der Waals surface area (Å²) in [6, 6.07) is 102. The monoisotopic (exact) mass is 1470 g/mol. The summed E-state index contributed by atoms with van der Waals surface area (Å²) in [5.41, 5.74) is 18.5. The summed E-state index contributed by atoms with van der Waals surface area (Å²) in [7, 11) is -0.418. The summed E-state index contributed by atoms with van der Waals surface area (Å²) in [6.07, 6.45) is 0. The van der Waals surface area contributed by atoms with E-state index in [9.17, 15) is 0 Å². The zero-order chi connectivity index (χ0) is 74.9. The quantitative estimate of drug-likeness (QED) is 0.131. The largest absolute Gasteiger partial charge is 0.494 e. The van der Waals surface area contributed by atoms with Gasteiger partial charge in [-0.25, -0.2) is 19.9 Å². The van der Waals surface area contributed by atoms with Crippen LogP contribution in [0.4, 0.5) is 0 Å². The Kier molecular flexibility index (Phi) is 15.5. The Hall–Kier alpha value is -13.8. The number of nitrogens with zero attached hydrogens (tertiary/aromatic N) is 6. The van der Waals surface area contributed by atoms with Gasteiger partial charge in [-0.15, -0.1) is 0 Å². The fourth-order valence-electron chi connectivity index (χ4n) is 15.5. The number of hydrogen-bond donors (Lipinski definition) is 0. The summed E-state index contributed by atoms with van der Waals surface area (Å²) in [5.74, 6) is 2.70. The second kappa shape index (κ2) is 26.2. The van der Waals surface area contributed by atoms with Gasteiger partial charge in [0.1, 0.15) is 67.0 Å². The molecule has 8 aromatic heterocycles. The van der Waals surface area contributed by atoms with Crippen molar-refractivity contribution in [1.29, 1.82) is 0 Å². The number of benzene rings is 14. The molecule has 1 fully saturated rings. The van der Waals surface area contributed by atoms with Crippen LogP contribution in [-0.4, -0.2) is 48.2 Å². The van der Waals surface area contributed by atoms with Gasteiger partial charge in [0.25, 0.3) is 0 Å². The van der Waals surface area contributed by atoms with Crippen LogP contribution in [0.3, 0.4) is 0 Å². The second-order valence-corrected chi connectivity index (χ2v) is 29.4. The van der Waals surface area contributed by atoms with Crippen molar-refractivity contribution in [2.24, 2.45) is 0 Å². The van der Waals surface area contributed by atoms with Gasteiger partial charge in [-0.3, -0.25) is 0 Å². The van der Waals surface area contributed by atoms with Crippen molar-refractivity contribution in [2.45, 2.75) is 38.9 Å². The molecule has 0 radical (unpaired) electrons. The van der Waals surface area contributed by atoms with Gasteiger partial charge in [-0.1, -0.05) is 224 Å². The van der Waals surface area contributed by atoms with E-state index in [0.29, 0.717) is 29.1 Å². The molecule has 22 aromatic rings. The summed E-state index contributed by atoms with van der Waals surface area (Å²) in [6.45, 7) is 8.27. The Morgan fingerprint density at radius 3 is 0.955 bits per heavy atom. The molecule has 16 heteroatoms. The van der Waals surface area contributed by atoms with E-state index in [1.54, 1.807) is 0 Å². The minimum Gasteiger partial charge on any atom is -0.456 e. The number of aromatic nitrogens is 6. The molecule has 112 heavy (non-hydrogen) atoms. The van der Waals surface area contributed by atoms with Crippen LogP contribution in [0, 0.1) is 0 Å². The maximum Gasteiger partial charge on any atom is 0.494 e. The summed E-state index contributed by atoms with van der Waals surface area (Å²) in [5, 5.41) is 13.0. The molecule has 534 valence electrons. The highest BCUT2D eigenvalue weighted by molar-refractivity contribution is 6.62. The second-order valence-electron chi connectivity index (χ2n) is 29.1. The minimum atomic E-state index is -0.418. The van der Waals surface area contributed by atoms with Crippen LogP contribution in [-0.2, 0) is 9.31 Å². The molecular formula is C96H62BClN6O8. The Bertz CT molecular complexity index is 7510. The molecule has 0 saturated carbocycles. The molecule has 0 spiro atoms. The number of fused-ring (bicyclic) bond motifs is 18. The van der Waals surface area contributed by atoms with E-state index in [1.807, 2.05) is 182 Å². The van der Waals surface area contributed by atoms with Crippen LogP contribution in [0.5, 0.6) is 0 Å². The normalized spacial score (nSPS) is 13.5. The first-order valence-electron chi connectivity index (χ1n) is 37.0. The number of halogens is 1. The van der Waals surface area contributed by atoms with Gasteiger partial charge in [-0.05, 0) is 135 Å². The van der Waals surface area contributed by atoms with Crippen molar-refractivity contribution in [3.63, 3.8) is 0 Å². The van der Waals surface area contributed by atoms with Crippen molar-refractivity contribution in [3.05, 3.63) is 309 Å². The Morgan fingerprint density at radius 1 is 0.232 bits per heavy atom. The first-order chi connectivity index (χ1) is 54.8. The van der Waals surface area contributed by atoms with E-state index in [0.717, 1.165) is 187 Å². The summed E-state index contributed by atoms with van der Waals surface area (Å²) < 4.78 is 50.4. The molecular weight excluding hydrogens is 1410 g/mol. The predicted octanol–water partition coefficient (Wildman–Crippen LogP) is 25.4. The van der Waals surface area contributed by atoms with Crippen molar-refractivity contribution in [1.82, 2.24) is 29.9 Å². The average molecular weight is 1470 g/mol. The molecule has 14 nitrogen and oxygen atoms in total. The van der Waals surface area contributed by atoms with Crippen LogP contribution < -0.4 is 5.46 Å². The lowest BCUT2D eigenvalue weighted by molar-refractivity contribution is 0.00578. The molecule has 1 aliphatic rings. The van der Waals surface area contributed by atoms with Gasteiger partial charge in [-0.2, -0.15) is 9.97 Å². The SMILES string of the molecule is CC1(C)OB(c2ccc3c(c2)oc2cc(-c4cccc5c4oc4ccccc45)ccc23)OC1(C)C.Clc1nc(-c2ccccc2)nc(-c2cccc3c2oc2ccccc23)n1.c1ccc(-c2nc(-c3ccc4c(c3)oc3cc(-c5cccc6c5oc5ccccc56)ccc34)nc(-c3cccc4c3oc3ccccc34)n2)cc1. The third-order valence-corrected chi connectivity index (χ3v) is 22.0. The van der Waals surface area contributed by atoms with Crippen LogP contribution in [0.2, 0.25) is 5.28 Å². The highest BCUT2D eigenvalue weighted by Crippen LogP contribution is 2.44. The third kappa shape index (κ3) is 11.3. The predicted molar refractivity (Wildman–Crippen MR) is 449 cm³/mol. The smallest absolute Gasteiger partial charge is 0.456 e. The van der Waals surface area contributed by atoms with Crippen LogP contribution in [0.1, 0.15) is 27.7 Å². The number of hydrogen-bond acceptors (Lipinski definition) is 14. The van der Waals surface area contributed by atoms with Crippen molar-refractivity contribution in [3.8, 4) is 79.2 Å². The number of furan rings is 6. The number of para-hydroxylation sites is 8. The Labute approximate surface area is 644 Å². The van der Waals surface area contributed by atoms with E-state index in [4.69, 9.17) is 62.4 Å². The molecule has 1 saturated heterocycles. The van der Waals surface area contributed by atoms with E-state index in [-0.39, 0.29) is 16.5 Å². The fraction of sp³-hybridized carbons (Fsp3) is 0.0625. The molecule has 23 rings (SSSR count). The summed E-state index contributed by atoms with van der Waals surface area (Å²) in [4.78, 5) is 28.2. The van der Waals surface area contributed by atoms with Gasteiger partial charge >= 0.3 is 7.12 Å². The highest BCUT2D eigenvalue weighted by Gasteiger charge is 2.52. The Balaban J connectivity index is 0.000000113. The van der Waals surface area contributed by atoms with E-state index < -0.39 is 7.12 Å². The van der Waals surface area contributed by atoms with Gasteiger partial charge in [0.15, 0.2) is 29.1 Å². The molecule has 0 N–H and O–H groups in total. The molecule has 14 aromatic carbocycles. The van der Waals surface area contributed by atoms with E-state index in [2.05, 4.69) is 164 Å². The Morgan fingerprint density at radius 2 is 0.527 bits per heavy atom. The van der Waals surface area contributed by atoms with E-state index in [1.165, 1.54) is 0 Å². The highest BCUT2D eigenvalue weighted by atomic mass is 35.5. The lowest BCUT2D eigenvalue weighted by Crippen LogP contribution is -2.41. The van der Waals surface area contributed by atoms with Gasteiger partial charge in [0.05, 0.1) is 22.3 Å². The third-order valence-electron chi connectivity index (χ3n) is 21.8. The molecule has 0 bridgehead atoms. The molecule has 0 unspecified atom stereocenters. The maximum atomic E-state index is 6.55. The first kappa shape index (κ1) is 66.4. The number of rotatable bonds is 8. The van der Waals surface area contributed by atoms with Crippen molar-refractivity contribution in [2.75, 3.05) is 0 Å². The van der Waals surface area contributed by atoms with Crippen LogP contribution in [0.25, 0.3) is 211 Å². The maximum absolute atomic E-state index is 6.55. The van der Waals surface area contributed by atoms with Crippen LogP contribution in [0.15, 0.2) is 330 Å². The lowest BCUT2D eigenvalue weighted by atomic mass is 9.79. The fourth-order valence-corrected chi connectivity index (χ4v) is 15.7. The molecule has 0 aliphatic carbocycles. The zero-order valence-corrected chi connectivity index (χ0v) is 61.5. The summed E-state index contributed by atoms with van der Waals surface area (Å²) >= 11 is 6.19. The standard InChI is InChI=1S/C45H25N3O3.C30H25BO4.C21H12ClN3O/c1-2-10-26(11-3-1)43-46-44(48-45(47-43)36-17-9-16-35-31-13-5-7-19-38(31)51-42(35)36)28-21-23-33-32-22-20-27(24-39(32)49-40(33)25-28)29-14-8-15-34-30-12-4-6-18-37(30)50-41(29)34;1-29(2)30(3,4)35-31(34-29)19-13-15-23-22-14-12-18(16-26(22)32-27(23)17-19)20-9-7-10-24-21-8-5-6-11-25(21)33-28(20)24;22-21-24-19(13-7-2-1-3-8-13)23-20(25-21)16-11-6-10-15-14-9-4-5-12-17(14)26-18(15)16/h1-25H;5-17H,1-4H3;1-12H. The minimum absolute atomic E-state index is 0.155. The van der Waals surface area contributed by atoms with Gasteiger partial charge < -0.3 is 35.8 Å². The zero-order valence-electron chi connectivity index (χ0n) is 60.8. The van der Waals surface area contributed by atoms with Crippen molar-refractivity contribution >= 4 is 156 Å². The van der Waals surface area contributed by atoms with Crippen LogP contribution >= 0.6 is 11.6 Å². The van der Waals surface area contributed by atoms with Crippen molar-refractivity contribution < 1.29 is 35.8 Å². The van der Waals surface area contributed by atoms with Gasteiger partial charge in [0, 0.05) is 92.5 Å². The first-order valence-corrected chi connectivity index (χ1v) is 37.4. The molecule has 1 aliphatic heterocycles. The molecule has 9 heterocycles. The van der Waals surface area contributed by atoms with E-state index >= 15 is 0 Å². The molecule has 0 atom stereocenters.